The fourth-order valence-electron chi connectivity index (χ4n) is 2.63. The fourth-order valence-corrected chi connectivity index (χ4v) is 3.89. The number of halogens is 2. The number of thioether (sulfide) groups is 1. The van der Waals surface area contributed by atoms with Crippen LogP contribution in [0.5, 0.6) is 0 Å². The van der Waals surface area contributed by atoms with Crippen molar-refractivity contribution in [3.05, 3.63) is 34.6 Å². The predicted octanol–water partition coefficient (Wildman–Crippen LogP) is 3.51. The van der Waals surface area contributed by atoms with Gasteiger partial charge in [-0.15, -0.1) is 11.8 Å². The molecule has 0 aromatic heterocycles. The quantitative estimate of drug-likeness (QED) is 0.716. The second-order valence-corrected chi connectivity index (χ2v) is 6.99. The van der Waals surface area contributed by atoms with Crippen LogP contribution >= 0.6 is 23.4 Å². The Labute approximate surface area is 150 Å². The summed E-state index contributed by atoms with van der Waals surface area (Å²) >= 11 is 7.32. The maximum atomic E-state index is 13.7. The predicted molar refractivity (Wildman–Crippen MR) is 93.5 cm³/mol. The normalized spacial score (nSPS) is 15.4. The molecule has 1 aliphatic heterocycles. The summed E-state index contributed by atoms with van der Waals surface area (Å²) in [7, 11) is 0. The highest BCUT2D eigenvalue weighted by Crippen LogP contribution is 2.25. The van der Waals surface area contributed by atoms with Crippen molar-refractivity contribution in [3.8, 4) is 0 Å². The van der Waals surface area contributed by atoms with Gasteiger partial charge in [-0.05, 0) is 31.9 Å². The SMILES string of the molecule is CCOC(=O)C1CCN(C(=O)CSCc2c(F)cccc2Cl)CC1. The van der Waals surface area contributed by atoms with Gasteiger partial charge in [-0.25, -0.2) is 4.39 Å². The maximum Gasteiger partial charge on any atom is 0.309 e. The van der Waals surface area contributed by atoms with Crippen molar-refractivity contribution in [2.45, 2.75) is 25.5 Å². The van der Waals surface area contributed by atoms with E-state index in [2.05, 4.69) is 0 Å². The Hall–Kier alpha value is -1.27. The van der Waals surface area contributed by atoms with E-state index in [4.69, 9.17) is 16.3 Å². The number of carbonyl (C=O) groups excluding carboxylic acids is 2. The molecule has 1 amide bonds. The van der Waals surface area contributed by atoms with Crippen molar-refractivity contribution in [2.24, 2.45) is 5.92 Å². The Morgan fingerprint density at radius 1 is 1.38 bits per heavy atom. The summed E-state index contributed by atoms with van der Waals surface area (Å²) in [6.45, 7) is 3.29. The first kappa shape index (κ1) is 19.1. The molecule has 132 valence electrons. The van der Waals surface area contributed by atoms with Crippen LogP contribution in [-0.2, 0) is 20.1 Å². The first-order valence-electron chi connectivity index (χ1n) is 7.98. The van der Waals surface area contributed by atoms with Gasteiger partial charge >= 0.3 is 5.97 Å². The summed E-state index contributed by atoms with van der Waals surface area (Å²) in [5.74, 6) is 0.00478. The highest BCUT2D eigenvalue weighted by atomic mass is 35.5. The molecule has 7 heteroatoms. The number of ether oxygens (including phenoxy) is 1. The molecular formula is C17H21ClFNO3S. The number of rotatable bonds is 6. The van der Waals surface area contributed by atoms with Crippen LogP contribution in [0.15, 0.2) is 18.2 Å². The molecule has 0 radical (unpaired) electrons. The van der Waals surface area contributed by atoms with Crippen LogP contribution < -0.4 is 0 Å². The zero-order valence-corrected chi connectivity index (χ0v) is 15.2. The minimum Gasteiger partial charge on any atom is -0.466 e. The first-order valence-corrected chi connectivity index (χ1v) is 9.51. The number of carbonyl (C=O) groups is 2. The van der Waals surface area contributed by atoms with Gasteiger partial charge in [0.2, 0.25) is 5.91 Å². The Balaban J connectivity index is 1.75. The number of esters is 1. The molecular weight excluding hydrogens is 353 g/mol. The van der Waals surface area contributed by atoms with Gasteiger partial charge in [-0.2, -0.15) is 0 Å². The molecule has 1 heterocycles. The Morgan fingerprint density at radius 2 is 2.08 bits per heavy atom. The highest BCUT2D eigenvalue weighted by molar-refractivity contribution is 7.99. The van der Waals surface area contributed by atoms with Gasteiger partial charge in [0, 0.05) is 29.4 Å². The van der Waals surface area contributed by atoms with Gasteiger partial charge in [0.05, 0.1) is 18.3 Å². The van der Waals surface area contributed by atoms with Crippen LogP contribution in [0.25, 0.3) is 0 Å². The Kier molecular flexibility index (Phi) is 7.37. The fraction of sp³-hybridized carbons (Fsp3) is 0.529. The van der Waals surface area contributed by atoms with Gasteiger partial charge in [-0.1, -0.05) is 17.7 Å². The third-order valence-electron chi connectivity index (χ3n) is 4.00. The van der Waals surface area contributed by atoms with Crippen molar-refractivity contribution < 1.29 is 18.7 Å². The summed E-state index contributed by atoms with van der Waals surface area (Å²) in [6.07, 6.45) is 1.27. The molecule has 0 atom stereocenters. The van der Waals surface area contributed by atoms with Gasteiger partial charge in [0.1, 0.15) is 5.82 Å². The van der Waals surface area contributed by atoms with Crippen LogP contribution in [0.4, 0.5) is 4.39 Å². The summed E-state index contributed by atoms with van der Waals surface area (Å²) in [4.78, 5) is 25.7. The third kappa shape index (κ3) is 5.11. The van der Waals surface area contributed by atoms with Crippen molar-refractivity contribution in [2.75, 3.05) is 25.4 Å². The number of likely N-dealkylation sites (tertiary alicyclic amines) is 1. The molecule has 0 saturated carbocycles. The van der Waals surface area contributed by atoms with Crippen molar-refractivity contribution in [3.63, 3.8) is 0 Å². The van der Waals surface area contributed by atoms with Gasteiger partial charge in [-0.3, -0.25) is 9.59 Å². The molecule has 0 spiro atoms. The molecule has 1 aliphatic rings. The zero-order valence-electron chi connectivity index (χ0n) is 13.6. The molecule has 24 heavy (non-hydrogen) atoms. The third-order valence-corrected chi connectivity index (χ3v) is 5.30. The van der Waals surface area contributed by atoms with Crippen LogP contribution in [0.1, 0.15) is 25.3 Å². The van der Waals surface area contributed by atoms with E-state index in [9.17, 15) is 14.0 Å². The minimum atomic E-state index is -0.349. The molecule has 0 aliphatic carbocycles. The van der Waals surface area contributed by atoms with E-state index in [0.29, 0.717) is 48.9 Å². The second kappa shape index (κ2) is 9.28. The topological polar surface area (TPSA) is 46.6 Å². The molecule has 2 rings (SSSR count). The summed E-state index contributed by atoms with van der Waals surface area (Å²) in [5, 5.41) is 0.380. The van der Waals surface area contributed by atoms with E-state index in [0.717, 1.165) is 0 Å². The van der Waals surface area contributed by atoms with Crippen LogP contribution in [0, 0.1) is 11.7 Å². The molecule has 1 saturated heterocycles. The molecule has 0 unspecified atom stereocenters. The number of hydrogen-bond acceptors (Lipinski definition) is 4. The zero-order chi connectivity index (χ0) is 17.5. The Morgan fingerprint density at radius 3 is 2.71 bits per heavy atom. The summed E-state index contributed by atoms with van der Waals surface area (Å²) in [5.41, 5.74) is 0.429. The van der Waals surface area contributed by atoms with E-state index in [1.54, 1.807) is 24.0 Å². The molecule has 1 aromatic carbocycles. The number of piperidine rings is 1. The number of hydrogen-bond donors (Lipinski definition) is 0. The smallest absolute Gasteiger partial charge is 0.309 e. The molecule has 0 N–H and O–H groups in total. The molecule has 4 nitrogen and oxygen atoms in total. The van der Waals surface area contributed by atoms with Gasteiger partial charge < -0.3 is 9.64 Å². The lowest BCUT2D eigenvalue weighted by Gasteiger charge is -2.30. The monoisotopic (exact) mass is 373 g/mol. The van der Waals surface area contributed by atoms with Crippen LogP contribution in [-0.4, -0.2) is 42.2 Å². The average Bonchev–Trinajstić information content (AvgIpc) is 2.57. The van der Waals surface area contributed by atoms with Crippen molar-refractivity contribution in [1.82, 2.24) is 4.90 Å². The van der Waals surface area contributed by atoms with Crippen LogP contribution in [0.2, 0.25) is 5.02 Å². The lowest BCUT2D eigenvalue weighted by atomic mass is 9.97. The second-order valence-electron chi connectivity index (χ2n) is 5.60. The van der Waals surface area contributed by atoms with Crippen LogP contribution in [0.3, 0.4) is 0 Å². The average molecular weight is 374 g/mol. The van der Waals surface area contributed by atoms with Crippen molar-refractivity contribution >= 4 is 35.2 Å². The van der Waals surface area contributed by atoms with Gasteiger partial charge in [0.15, 0.2) is 0 Å². The van der Waals surface area contributed by atoms with E-state index in [1.807, 2.05) is 0 Å². The molecule has 1 fully saturated rings. The molecule has 0 bridgehead atoms. The maximum absolute atomic E-state index is 13.7. The van der Waals surface area contributed by atoms with E-state index in [-0.39, 0.29) is 29.4 Å². The van der Waals surface area contributed by atoms with E-state index in [1.165, 1.54) is 17.8 Å². The Bertz CT molecular complexity index is 571. The standard InChI is InChI=1S/C17H21ClFNO3S/c1-2-23-17(22)12-6-8-20(9-7-12)16(21)11-24-10-13-14(18)4-3-5-15(13)19/h3-5,12H,2,6-11H2,1H3. The first-order chi connectivity index (χ1) is 11.5. The van der Waals surface area contributed by atoms with Crippen molar-refractivity contribution in [1.29, 1.82) is 0 Å². The number of amides is 1. The largest absolute Gasteiger partial charge is 0.466 e. The summed E-state index contributed by atoms with van der Waals surface area (Å²) in [6, 6.07) is 4.57. The number of nitrogens with zero attached hydrogens (tertiary/aromatic N) is 1. The molecule has 1 aromatic rings. The van der Waals surface area contributed by atoms with Gasteiger partial charge in [0.25, 0.3) is 0 Å². The highest BCUT2D eigenvalue weighted by Gasteiger charge is 2.28. The number of benzene rings is 1. The summed E-state index contributed by atoms with van der Waals surface area (Å²) < 4.78 is 18.7. The van der Waals surface area contributed by atoms with E-state index < -0.39 is 0 Å². The lowest BCUT2D eigenvalue weighted by molar-refractivity contribution is -0.151. The van der Waals surface area contributed by atoms with E-state index >= 15 is 0 Å². The lowest BCUT2D eigenvalue weighted by Crippen LogP contribution is -2.41. The minimum absolute atomic E-state index is 0.00905.